The first-order chi connectivity index (χ1) is 15.8. The van der Waals surface area contributed by atoms with Gasteiger partial charge in [-0.3, -0.25) is 9.59 Å². The summed E-state index contributed by atoms with van der Waals surface area (Å²) >= 11 is 0. The number of benzene rings is 2. The van der Waals surface area contributed by atoms with Gasteiger partial charge in [0.2, 0.25) is 11.7 Å². The van der Waals surface area contributed by atoms with E-state index in [4.69, 9.17) is 4.74 Å². The van der Waals surface area contributed by atoms with Crippen LogP contribution in [0.4, 0.5) is 4.39 Å². The topological polar surface area (TPSA) is 68.6 Å². The van der Waals surface area contributed by atoms with E-state index in [1.807, 2.05) is 13.0 Å². The fourth-order valence-electron chi connectivity index (χ4n) is 4.24. The first-order valence-corrected chi connectivity index (χ1v) is 10.9. The lowest BCUT2D eigenvalue weighted by Gasteiger charge is -2.15. The number of nitrogens with zero attached hydrogens (tertiary/aromatic N) is 2. The molecule has 2 heterocycles. The third-order valence-corrected chi connectivity index (χ3v) is 5.84. The number of carbonyl (C=O) groups excluding carboxylic acids is 3. The van der Waals surface area contributed by atoms with E-state index in [-0.39, 0.29) is 17.5 Å². The summed E-state index contributed by atoms with van der Waals surface area (Å²) in [6.07, 6.45) is 1.41. The Hall–Kier alpha value is -3.74. The Bertz CT molecular complexity index is 1230. The fraction of sp³-hybridized carbons (Fsp3) is 0.269. The van der Waals surface area contributed by atoms with Crippen LogP contribution < -0.4 is 0 Å². The first kappa shape index (κ1) is 22.5. The summed E-state index contributed by atoms with van der Waals surface area (Å²) in [6, 6.07) is 14.8. The van der Waals surface area contributed by atoms with E-state index in [0.717, 1.165) is 24.2 Å². The van der Waals surface area contributed by atoms with Gasteiger partial charge in [0.1, 0.15) is 5.82 Å². The van der Waals surface area contributed by atoms with Crippen molar-refractivity contribution < 1.29 is 23.5 Å². The number of Topliss-reactive ketones (excluding diaryl/α,β-unsaturated/α-hetero) is 1. The van der Waals surface area contributed by atoms with Crippen LogP contribution in [-0.4, -0.2) is 40.3 Å². The van der Waals surface area contributed by atoms with Crippen molar-refractivity contribution in [3.05, 3.63) is 88.5 Å². The van der Waals surface area contributed by atoms with E-state index >= 15 is 0 Å². The maximum Gasteiger partial charge on any atom is 0.338 e. The number of amides is 1. The van der Waals surface area contributed by atoms with Crippen molar-refractivity contribution in [1.29, 1.82) is 0 Å². The Labute approximate surface area is 191 Å². The van der Waals surface area contributed by atoms with Crippen LogP contribution in [0.1, 0.15) is 50.5 Å². The van der Waals surface area contributed by atoms with Gasteiger partial charge in [-0.1, -0.05) is 18.2 Å². The predicted molar refractivity (Wildman–Crippen MR) is 121 cm³/mol. The number of ketones is 1. The highest BCUT2D eigenvalue weighted by molar-refractivity contribution is 6.00. The van der Waals surface area contributed by atoms with Crippen LogP contribution in [0.25, 0.3) is 5.69 Å². The lowest BCUT2D eigenvalue weighted by molar-refractivity contribution is -0.128. The number of hydrogen-bond donors (Lipinski definition) is 0. The molecule has 0 N–H and O–H groups in total. The van der Waals surface area contributed by atoms with Gasteiger partial charge in [-0.25, -0.2) is 9.18 Å². The van der Waals surface area contributed by atoms with Gasteiger partial charge in [0.15, 0.2) is 6.61 Å². The molecule has 3 aromatic rings. The highest BCUT2D eigenvalue weighted by Gasteiger charge is 2.21. The quantitative estimate of drug-likeness (QED) is 0.397. The van der Waals surface area contributed by atoms with E-state index in [1.54, 1.807) is 52.8 Å². The summed E-state index contributed by atoms with van der Waals surface area (Å²) in [7, 11) is 0. The van der Waals surface area contributed by atoms with Crippen LogP contribution in [0.5, 0.6) is 0 Å². The van der Waals surface area contributed by atoms with Gasteiger partial charge in [0.05, 0.1) is 5.56 Å². The third kappa shape index (κ3) is 4.87. The standard InChI is InChI=1S/C26H25FN2O4/c1-17-12-23(18(2)29(17)22-9-4-8-21(27)14-22)24(30)16-33-26(32)20-7-3-6-19(13-20)15-28-11-5-10-25(28)31/h3-4,6-9,12-14H,5,10-11,15-16H2,1-2H3. The van der Waals surface area contributed by atoms with Gasteiger partial charge in [-0.2, -0.15) is 0 Å². The summed E-state index contributed by atoms with van der Waals surface area (Å²) in [6.45, 7) is 4.37. The molecule has 2 aromatic carbocycles. The number of aromatic nitrogens is 1. The summed E-state index contributed by atoms with van der Waals surface area (Å²) in [5.74, 6) is -1.18. The molecule has 0 saturated carbocycles. The minimum absolute atomic E-state index is 0.115. The van der Waals surface area contributed by atoms with Crippen LogP contribution in [0.3, 0.4) is 0 Å². The second-order valence-corrected chi connectivity index (χ2v) is 8.22. The maximum atomic E-state index is 13.7. The van der Waals surface area contributed by atoms with Gasteiger partial charge in [-0.05, 0) is 62.2 Å². The Morgan fingerprint density at radius 2 is 1.85 bits per heavy atom. The summed E-state index contributed by atoms with van der Waals surface area (Å²) in [5.41, 5.74) is 3.63. The van der Waals surface area contributed by atoms with Crippen molar-refractivity contribution in [2.24, 2.45) is 0 Å². The number of hydrogen-bond acceptors (Lipinski definition) is 4. The van der Waals surface area contributed by atoms with Crippen LogP contribution in [0.15, 0.2) is 54.6 Å². The number of likely N-dealkylation sites (tertiary alicyclic amines) is 1. The molecule has 0 radical (unpaired) electrons. The zero-order valence-electron chi connectivity index (χ0n) is 18.6. The Morgan fingerprint density at radius 1 is 1.06 bits per heavy atom. The smallest absolute Gasteiger partial charge is 0.338 e. The Kier molecular flexibility index (Phi) is 6.40. The average Bonchev–Trinajstić information content (AvgIpc) is 3.33. The van der Waals surface area contributed by atoms with E-state index in [1.165, 1.54) is 12.1 Å². The van der Waals surface area contributed by atoms with E-state index < -0.39 is 12.6 Å². The van der Waals surface area contributed by atoms with E-state index in [9.17, 15) is 18.8 Å². The van der Waals surface area contributed by atoms with Crippen molar-refractivity contribution in [2.45, 2.75) is 33.2 Å². The molecule has 7 heteroatoms. The molecule has 0 aliphatic carbocycles. The van der Waals surface area contributed by atoms with Crippen molar-refractivity contribution in [3.8, 4) is 5.69 Å². The van der Waals surface area contributed by atoms with Gasteiger partial charge in [0.25, 0.3) is 0 Å². The number of halogens is 1. The summed E-state index contributed by atoms with van der Waals surface area (Å²) in [4.78, 5) is 39.0. The molecule has 0 unspecified atom stereocenters. The summed E-state index contributed by atoms with van der Waals surface area (Å²) in [5, 5.41) is 0. The molecule has 1 aliphatic heterocycles. The van der Waals surface area contributed by atoms with Crippen molar-refractivity contribution >= 4 is 17.7 Å². The third-order valence-electron chi connectivity index (χ3n) is 5.84. The van der Waals surface area contributed by atoms with Crippen molar-refractivity contribution in [3.63, 3.8) is 0 Å². The van der Waals surface area contributed by atoms with Crippen LogP contribution >= 0.6 is 0 Å². The lowest BCUT2D eigenvalue weighted by atomic mass is 10.1. The lowest BCUT2D eigenvalue weighted by Crippen LogP contribution is -2.24. The van der Waals surface area contributed by atoms with Crippen molar-refractivity contribution in [1.82, 2.24) is 9.47 Å². The zero-order valence-corrected chi connectivity index (χ0v) is 18.6. The summed E-state index contributed by atoms with van der Waals surface area (Å²) < 4.78 is 20.7. The highest BCUT2D eigenvalue weighted by Crippen LogP contribution is 2.22. The largest absolute Gasteiger partial charge is 0.454 e. The second-order valence-electron chi connectivity index (χ2n) is 8.22. The average molecular weight is 448 g/mol. The molecule has 170 valence electrons. The number of carbonyl (C=O) groups is 3. The molecular weight excluding hydrogens is 423 g/mol. The number of aryl methyl sites for hydroxylation is 1. The molecule has 33 heavy (non-hydrogen) atoms. The SMILES string of the molecule is Cc1cc(C(=O)COC(=O)c2cccc(CN3CCCC3=O)c2)c(C)n1-c1cccc(F)c1. The first-order valence-electron chi connectivity index (χ1n) is 10.9. The molecule has 1 fully saturated rings. The minimum Gasteiger partial charge on any atom is -0.454 e. The molecule has 0 atom stereocenters. The molecular formula is C26H25FN2O4. The van der Waals surface area contributed by atoms with E-state index in [2.05, 4.69) is 0 Å². The van der Waals surface area contributed by atoms with Crippen molar-refractivity contribution in [2.75, 3.05) is 13.2 Å². The van der Waals surface area contributed by atoms with Gasteiger partial charge in [-0.15, -0.1) is 0 Å². The molecule has 0 bridgehead atoms. The van der Waals surface area contributed by atoms with Crippen LogP contribution in [-0.2, 0) is 16.1 Å². The number of ether oxygens (including phenoxy) is 1. The minimum atomic E-state index is -0.600. The number of rotatable bonds is 7. The maximum absolute atomic E-state index is 13.7. The van der Waals surface area contributed by atoms with Gasteiger partial charge < -0.3 is 14.2 Å². The highest BCUT2D eigenvalue weighted by atomic mass is 19.1. The molecule has 0 spiro atoms. The molecule has 1 aliphatic rings. The predicted octanol–water partition coefficient (Wildman–Crippen LogP) is 4.40. The van der Waals surface area contributed by atoms with Gasteiger partial charge in [0, 0.05) is 42.1 Å². The Balaban J connectivity index is 1.43. The van der Waals surface area contributed by atoms with E-state index in [0.29, 0.717) is 35.5 Å². The normalized spacial score (nSPS) is 13.4. The van der Waals surface area contributed by atoms with Crippen LogP contribution in [0, 0.1) is 19.7 Å². The zero-order chi connectivity index (χ0) is 23.5. The molecule has 1 saturated heterocycles. The fourth-order valence-corrected chi connectivity index (χ4v) is 4.24. The van der Waals surface area contributed by atoms with Gasteiger partial charge >= 0.3 is 5.97 Å². The van der Waals surface area contributed by atoms with Crippen LogP contribution in [0.2, 0.25) is 0 Å². The molecule has 4 rings (SSSR count). The second kappa shape index (κ2) is 9.40. The monoisotopic (exact) mass is 448 g/mol. The molecule has 1 amide bonds. The molecule has 1 aromatic heterocycles. The Morgan fingerprint density at radius 3 is 2.58 bits per heavy atom. The number of esters is 1. The molecule has 6 nitrogen and oxygen atoms in total.